The molecule has 0 saturated heterocycles. The van der Waals surface area contributed by atoms with Crippen molar-refractivity contribution in [1.82, 2.24) is 19.9 Å². The van der Waals surface area contributed by atoms with Crippen molar-refractivity contribution in [1.29, 1.82) is 0 Å². The molecule has 2 aromatic heterocycles. The number of halogens is 4. The number of hydrogen-bond acceptors (Lipinski definition) is 7. The lowest BCUT2D eigenvalue weighted by Gasteiger charge is -2.17. The van der Waals surface area contributed by atoms with Crippen LogP contribution in [0.1, 0.15) is 24.4 Å². The number of rotatable bonds is 7. The van der Waals surface area contributed by atoms with Crippen molar-refractivity contribution in [2.45, 2.75) is 19.1 Å². The zero-order valence-electron chi connectivity index (χ0n) is 18.0. The van der Waals surface area contributed by atoms with E-state index in [9.17, 15) is 22.4 Å². The molecule has 1 atom stereocenters. The number of benzene rings is 2. The normalized spacial score (nSPS) is 12.4. The largest absolute Gasteiger partial charge is 0.480 e. The van der Waals surface area contributed by atoms with Gasteiger partial charge < -0.3 is 15.2 Å². The first-order valence-corrected chi connectivity index (χ1v) is 10.2. The van der Waals surface area contributed by atoms with E-state index < -0.39 is 36.4 Å². The average molecular weight is 487 g/mol. The molecule has 180 valence electrons. The van der Waals surface area contributed by atoms with Gasteiger partial charge in [0.15, 0.2) is 6.61 Å². The first-order chi connectivity index (χ1) is 16.6. The number of nitrogens with zero attached hydrogens (tertiary/aromatic N) is 4. The Labute approximate surface area is 195 Å². The summed E-state index contributed by atoms with van der Waals surface area (Å²) >= 11 is 0. The Kier molecular flexibility index (Phi) is 6.45. The SMILES string of the molecule is C[C@@H](Nc1ncnc2c(OCC(=O)O)cc(-c3ccc(F)cc3)cc12)c1cnc(C(F)(F)F)nc1. The fraction of sp³-hybridized carbons (Fsp3) is 0.174. The first kappa shape index (κ1) is 23.8. The molecule has 2 heterocycles. The summed E-state index contributed by atoms with van der Waals surface area (Å²) < 4.78 is 57.1. The molecule has 2 aromatic carbocycles. The number of aliphatic carboxylic acids is 1. The molecule has 0 radical (unpaired) electrons. The van der Waals surface area contributed by atoms with Gasteiger partial charge in [-0.1, -0.05) is 12.1 Å². The van der Waals surface area contributed by atoms with Crippen LogP contribution in [0.5, 0.6) is 5.75 Å². The van der Waals surface area contributed by atoms with E-state index in [2.05, 4.69) is 25.3 Å². The molecule has 0 aliphatic heterocycles. The van der Waals surface area contributed by atoms with Crippen molar-refractivity contribution >= 4 is 22.7 Å². The number of nitrogens with one attached hydrogen (secondary N) is 1. The quantitative estimate of drug-likeness (QED) is 0.355. The predicted molar refractivity (Wildman–Crippen MR) is 117 cm³/mol. The number of aromatic nitrogens is 4. The highest BCUT2D eigenvalue weighted by atomic mass is 19.4. The van der Waals surface area contributed by atoms with Crippen molar-refractivity contribution in [2.75, 3.05) is 11.9 Å². The molecule has 0 saturated carbocycles. The van der Waals surface area contributed by atoms with Crippen LogP contribution in [0.15, 0.2) is 55.1 Å². The summed E-state index contributed by atoms with van der Waals surface area (Å²) in [7, 11) is 0. The number of alkyl halides is 3. The first-order valence-electron chi connectivity index (χ1n) is 10.2. The van der Waals surface area contributed by atoms with Gasteiger partial charge >= 0.3 is 12.1 Å². The highest BCUT2D eigenvalue weighted by molar-refractivity contribution is 5.96. The van der Waals surface area contributed by atoms with Crippen molar-refractivity contribution in [2.24, 2.45) is 0 Å². The molecule has 4 rings (SSSR count). The van der Waals surface area contributed by atoms with Crippen LogP contribution in [0.3, 0.4) is 0 Å². The van der Waals surface area contributed by atoms with Crippen molar-refractivity contribution in [3.63, 3.8) is 0 Å². The number of ether oxygens (including phenoxy) is 1. The molecule has 0 aliphatic rings. The lowest BCUT2D eigenvalue weighted by atomic mass is 10.0. The zero-order valence-corrected chi connectivity index (χ0v) is 18.0. The lowest BCUT2D eigenvalue weighted by Crippen LogP contribution is -2.14. The minimum Gasteiger partial charge on any atom is -0.480 e. The van der Waals surface area contributed by atoms with Gasteiger partial charge in [-0.3, -0.25) is 0 Å². The van der Waals surface area contributed by atoms with Gasteiger partial charge in [-0.2, -0.15) is 13.2 Å². The molecule has 0 aliphatic carbocycles. The smallest absolute Gasteiger partial charge is 0.451 e. The zero-order chi connectivity index (χ0) is 25.2. The molecular weight excluding hydrogens is 470 g/mol. The Bertz CT molecular complexity index is 1360. The van der Waals surface area contributed by atoms with Gasteiger partial charge in [0.2, 0.25) is 5.82 Å². The molecule has 2 N–H and O–H groups in total. The Hall–Kier alpha value is -4.35. The topological polar surface area (TPSA) is 110 Å². The molecule has 0 unspecified atom stereocenters. The standard InChI is InChI=1S/C23H17F4N5O3/c1-12(15-8-28-22(29-9-15)23(25,26)27)32-21-17-6-14(13-2-4-16(24)5-3-13)7-18(35-10-19(33)34)20(17)30-11-31-21/h2-9,11-12H,10H2,1H3,(H,33,34)(H,30,31,32)/t12-/m1/s1. The fourth-order valence-electron chi connectivity index (χ4n) is 3.31. The predicted octanol–water partition coefficient (Wildman–Crippen LogP) is 4.88. The van der Waals surface area contributed by atoms with E-state index >= 15 is 0 Å². The van der Waals surface area contributed by atoms with Crippen molar-refractivity contribution < 1.29 is 32.2 Å². The van der Waals surface area contributed by atoms with Crippen LogP contribution in [0.25, 0.3) is 22.0 Å². The summed E-state index contributed by atoms with van der Waals surface area (Å²) in [6.45, 7) is 1.07. The molecule has 0 amide bonds. The summed E-state index contributed by atoms with van der Waals surface area (Å²) in [5.41, 5.74) is 1.90. The van der Waals surface area contributed by atoms with Crippen molar-refractivity contribution in [3.05, 3.63) is 72.3 Å². The molecule has 8 nitrogen and oxygen atoms in total. The molecule has 0 bridgehead atoms. The molecule has 0 fully saturated rings. The summed E-state index contributed by atoms with van der Waals surface area (Å²) in [4.78, 5) is 26.3. The van der Waals surface area contributed by atoms with E-state index in [1.807, 2.05) is 0 Å². The maximum atomic E-state index is 13.4. The van der Waals surface area contributed by atoms with Gasteiger partial charge in [0.05, 0.1) is 6.04 Å². The molecule has 12 heteroatoms. The fourth-order valence-corrected chi connectivity index (χ4v) is 3.31. The van der Waals surface area contributed by atoms with Crippen LogP contribution in [0.2, 0.25) is 0 Å². The number of carbonyl (C=O) groups is 1. The third-order valence-electron chi connectivity index (χ3n) is 5.01. The molecule has 35 heavy (non-hydrogen) atoms. The van der Waals surface area contributed by atoms with Gasteiger partial charge in [0.25, 0.3) is 0 Å². The van der Waals surface area contributed by atoms with Gasteiger partial charge in [-0.05, 0) is 42.3 Å². The average Bonchev–Trinajstić information content (AvgIpc) is 2.82. The Balaban J connectivity index is 1.74. The Morgan fingerprint density at radius 3 is 2.37 bits per heavy atom. The highest BCUT2D eigenvalue weighted by Crippen LogP contribution is 2.35. The number of hydrogen-bond donors (Lipinski definition) is 2. The number of fused-ring (bicyclic) bond motifs is 1. The van der Waals surface area contributed by atoms with E-state index in [1.54, 1.807) is 31.2 Å². The van der Waals surface area contributed by atoms with Gasteiger partial charge in [0.1, 0.15) is 29.2 Å². The van der Waals surface area contributed by atoms with Crippen molar-refractivity contribution in [3.8, 4) is 16.9 Å². The second kappa shape index (κ2) is 9.49. The minimum atomic E-state index is -4.65. The molecule has 0 spiro atoms. The second-order valence-electron chi connectivity index (χ2n) is 7.49. The third-order valence-corrected chi connectivity index (χ3v) is 5.01. The summed E-state index contributed by atoms with van der Waals surface area (Å²) in [5.74, 6) is -2.37. The number of anilines is 1. The molecular formula is C23H17F4N5O3. The Morgan fingerprint density at radius 2 is 1.74 bits per heavy atom. The van der Waals surface area contributed by atoms with Crippen LogP contribution >= 0.6 is 0 Å². The summed E-state index contributed by atoms with van der Waals surface area (Å²) in [6.07, 6.45) is -1.27. The highest BCUT2D eigenvalue weighted by Gasteiger charge is 2.34. The van der Waals surface area contributed by atoms with Gasteiger partial charge in [-0.25, -0.2) is 29.1 Å². The monoisotopic (exact) mass is 487 g/mol. The maximum absolute atomic E-state index is 13.4. The van der Waals surface area contributed by atoms with Gasteiger partial charge in [0, 0.05) is 23.3 Å². The van der Waals surface area contributed by atoms with E-state index in [-0.39, 0.29) is 5.75 Å². The maximum Gasteiger partial charge on any atom is 0.451 e. The van der Waals surface area contributed by atoms with E-state index in [1.165, 1.54) is 18.5 Å². The number of carboxylic acids is 1. The van der Waals surface area contributed by atoms with Crippen LogP contribution in [0, 0.1) is 5.82 Å². The minimum absolute atomic E-state index is 0.167. The van der Waals surface area contributed by atoms with Crippen LogP contribution in [0.4, 0.5) is 23.4 Å². The van der Waals surface area contributed by atoms with Crippen LogP contribution in [-0.4, -0.2) is 37.6 Å². The second-order valence-corrected chi connectivity index (χ2v) is 7.49. The lowest BCUT2D eigenvalue weighted by molar-refractivity contribution is -0.145. The third kappa shape index (κ3) is 5.42. The van der Waals surface area contributed by atoms with E-state index in [0.717, 1.165) is 12.4 Å². The van der Waals surface area contributed by atoms with Crippen LogP contribution < -0.4 is 10.1 Å². The summed E-state index contributed by atoms with van der Waals surface area (Å²) in [6, 6.07) is 8.42. The summed E-state index contributed by atoms with van der Waals surface area (Å²) in [5, 5.41) is 12.6. The Morgan fingerprint density at radius 1 is 1.06 bits per heavy atom. The van der Waals surface area contributed by atoms with Gasteiger partial charge in [-0.15, -0.1) is 0 Å². The number of carboxylic acid groups (broad SMARTS) is 1. The molecule has 4 aromatic rings. The van der Waals surface area contributed by atoms with E-state index in [4.69, 9.17) is 9.84 Å². The van der Waals surface area contributed by atoms with Crippen LogP contribution in [-0.2, 0) is 11.0 Å². The van der Waals surface area contributed by atoms with E-state index in [0.29, 0.717) is 33.4 Å².